The molecule has 4 rings (SSSR count). The molecule has 0 atom stereocenters. The van der Waals surface area contributed by atoms with Gasteiger partial charge in [0.15, 0.2) is 10.9 Å². The van der Waals surface area contributed by atoms with Crippen LogP contribution in [0, 0.1) is 0 Å². The molecule has 0 radical (unpaired) electrons. The van der Waals surface area contributed by atoms with E-state index in [2.05, 4.69) is 0 Å². The van der Waals surface area contributed by atoms with E-state index in [1.54, 1.807) is 12.1 Å². The second kappa shape index (κ2) is 4.48. The predicted molar refractivity (Wildman–Crippen MR) is 89.7 cm³/mol. The Morgan fingerprint density at radius 3 is 1.67 bits per heavy atom. The summed E-state index contributed by atoms with van der Waals surface area (Å²) in [7, 11) is 0. The third-order valence-electron chi connectivity index (χ3n) is 4.21. The quantitative estimate of drug-likeness (QED) is 0.283. The van der Waals surface area contributed by atoms with Gasteiger partial charge in [0.1, 0.15) is 11.5 Å². The topological polar surface area (TPSA) is 109 Å². The fourth-order valence-electron chi connectivity index (χ4n) is 3.08. The van der Waals surface area contributed by atoms with Crippen molar-refractivity contribution in [3.05, 3.63) is 77.3 Å². The van der Waals surface area contributed by atoms with E-state index >= 15 is 0 Å². The van der Waals surface area contributed by atoms with E-state index in [-0.39, 0.29) is 21.5 Å². The molecular weight excluding hydrogens is 312 g/mol. The van der Waals surface area contributed by atoms with Crippen LogP contribution in [-0.2, 0) is 0 Å². The van der Waals surface area contributed by atoms with Gasteiger partial charge >= 0.3 is 0 Å². The molecule has 0 aromatic heterocycles. The lowest BCUT2D eigenvalue weighted by Crippen LogP contribution is -2.23. The van der Waals surface area contributed by atoms with E-state index in [4.69, 9.17) is 0 Å². The summed E-state index contributed by atoms with van der Waals surface area (Å²) in [5.74, 6) is -1.35. The van der Waals surface area contributed by atoms with Gasteiger partial charge in [-0.15, -0.1) is 0 Å². The van der Waals surface area contributed by atoms with Crippen molar-refractivity contribution in [3.63, 3.8) is 0 Å². The van der Waals surface area contributed by atoms with Crippen molar-refractivity contribution in [1.82, 2.24) is 0 Å². The Balaban J connectivity index is 2.53. The van der Waals surface area contributed by atoms with Gasteiger partial charge in [-0.25, -0.2) is 0 Å². The van der Waals surface area contributed by atoms with Gasteiger partial charge in [-0.2, -0.15) is 0 Å². The van der Waals surface area contributed by atoms with Crippen LogP contribution in [0.15, 0.2) is 55.6 Å². The van der Waals surface area contributed by atoms with E-state index < -0.39 is 44.0 Å². The van der Waals surface area contributed by atoms with E-state index in [1.807, 2.05) is 0 Å². The highest BCUT2D eigenvalue weighted by atomic mass is 16.3. The highest BCUT2D eigenvalue weighted by Gasteiger charge is 2.22. The number of hydrogen-bond acceptors (Lipinski definition) is 6. The maximum Gasteiger partial charge on any atom is 0.237 e. The maximum absolute atomic E-state index is 12.7. The smallest absolute Gasteiger partial charge is 0.237 e. The van der Waals surface area contributed by atoms with Gasteiger partial charge in [-0.3, -0.25) is 19.2 Å². The lowest BCUT2D eigenvalue weighted by molar-refractivity contribution is 0.478. The number of hydrogen-bond donors (Lipinski definition) is 2. The summed E-state index contributed by atoms with van der Waals surface area (Å²) in [5.41, 5.74) is -3.24. The summed E-state index contributed by atoms with van der Waals surface area (Å²) in [4.78, 5) is 48.9. The number of benzene rings is 4. The normalized spacial score (nSPS) is 11.5. The Labute approximate surface area is 132 Å². The fourth-order valence-corrected chi connectivity index (χ4v) is 3.08. The fraction of sp³-hybridized carbons (Fsp3) is 0. The van der Waals surface area contributed by atoms with Gasteiger partial charge in [-0.05, 0) is 12.1 Å². The molecule has 0 fully saturated rings. The van der Waals surface area contributed by atoms with Crippen molar-refractivity contribution < 1.29 is 10.2 Å². The molecule has 0 aliphatic rings. The first-order chi connectivity index (χ1) is 11.4. The second-order valence-electron chi connectivity index (χ2n) is 5.47. The molecule has 0 aliphatic heterocycles. The summed E-state index contributed by atoms with van der Waals surface area (Å²) >= 11 is 0. The molecular formula is C18H8O6. The lowest BCUT2D eigenvalue weighted by Gasteiger charge is -2.08. The molecule has 0 aliphatic carbocycles. The van der Waals surface area contributed by atoms with Gasteiger partial charge in [0, 0.05) is 16.2 Å². The number of phenols is 2. The number of phenolic OH excluding ortho intramolecular Hbond substituents is 2. The SMILES string of the molecule is O=c1ccc2c(O)c3c(=O)c4ccccc4c(=O)c3c(O)c2c1=O. The standard InChI is InChI=1S/C18H8O6/c19-10-6-5-9-11(17(10)23)18(24)13-12(16(9)22)14(20)7-3-1-2-4-8(7)15(13)21/h1-6,22,24H. The first-order valence-corrected chi connectivity index (χ1v) is 7.00. The lowest BCUT2D eigenvalue weighted by atomic mass is 9.96. The molecule has 116 valence electrons. The third-order valence-corrected chi connectivity index (χ3v) is 4.21. The minimum atomic E-state index is -1.04. The van der Waals surface area contributed by atoms with Crippen LogP contribution in [0.4, 0.5) is 0 Å². The molecule has 6 nitrogen and oxygen atoms in total. The van der Waals surface area contributed by atoms with Gasteiger partial charge in [0.2, 0.25) is 10.9 Å². The van der Waals surface area contributed by atoms with Crippen molar-refractivity contribution in [2.45, 2.75) is 0 Å². The molecule has 0 amide bonds. The van der Waals surface area contributed by atoms with Crippen LogP contribution in [0.3, 0.4) is 0 Å². The highest BCUT2D eigenvalue weighted by molar-refractivity contribution is 6.13. The van der Waals surface area contributed by atoms with Crippen LogP contribution in [0.2, 0.25) is 0 Å². The van der Waals surface area contributed by atoms with Crippen LogP contribution >= 0.6 is 0 Å². The van der Waals surface area contributed by atoms with Crippen LogP contribution in [0.5, 0.6) is 11.5 Å². The molecule has 4 aromatic rings. The van der Waals surface area contributed by atoms with E-state index in [0.717, 1.165) is 12.1 Å². The molecule has 24 heavy (non-hydrogen) atoms. The molecule has 0 saturated carbocycles. The van der Waals surface area contributed by atoms with Crippen molar-refractivity contribution in [2.24, 2.45) is 0 Å². The van der Waals surface area contributed by atoms with Crippen molar-refractivity contribution in [1.29, 1.82) is 0 Å². The highest BCUT2D eigenvalue weighted by Crippen LogP contribution is 2.37. The van der Waals surface area contributed by atoms with Gasteiger partial charge in [-0.1, -0.05) is 24.3 Å². The Hall–Kier alpha value is -3.54. The minimum Gasteiger partial charge on any atom is -0.506 e. The summed E-state index contributed by atoms with van der Waals surface area (Å²) in [5, 5.41) is 19.6. The molecule has 0 bridgehead atoms. The first-order valence-electron chi connectivity index (χ1n) is 7.00. The summed E-state index contributed by atoms with van der Waals surface area (Å²) in [6, 6.07) is 8.08. The van der Waals surface area contributed by atoms with E-state index in [1.165, 1.54) is 12.1 Å². The number of aromatic hydroxyl groups is 2. The minimum absolute atomic E-state index is 0.0646. The van der Waals surface area contributed by atoms with E-state index in [9.17, 15) is 29.4 Å². The van der Waals surface area contributed by atoms with Crippen molar-refractivity contribution in [3.8, 4) is 11.5 Å². The average Bonchev–Trinajstić information content (AvgIpc) is 2.58. The molecule has 0 spiro atoms. The first kappa shape index (κ1) is 14.1. The van der Waals surface area contributed by atoms with Crippen LogP contribution < -0.4 is 21.7 Å². The van der Waals surface area contributed by atoms with Crippen LogP contribution in [-0.4, -0.2) is 10.2 Å². The van der Waals surface area contributed by atoms with Crippen molar-refractivity contribution >= 4 is 32.3 Å². The zero-order chi connectivity index (χ0) is 17.2. The van der Waals surface area contributed by atoms with Crippen molar-refractivity contribution in [2.75, 3.05) is 0 Å². The zero-order valence-corrected chi connectivity index (χ0v) is 12.0. The molecule has 2 N–H and O–H groups in total. The van der Waals surface area contributed by atoms with Gasteiger partial charge in [0.25, 0.3) is 0 Å². The predicted octanol–water partition coefficient (Wildman–Crippen LogP) is 0.874. The van der Waals surface area contributed by atoms with Crippen LogP contribution in [0.1, 0.15) is 0 Å². The molecule has 6 heteroatoms. The van der Waals surface area contributed by atoms with Gasteiger partial charge < -0.3 is 10.2 Å². The summed E-state index contributed by atoms with van der Waals surface area (Å²) in [6.45, 7) is 0. The Morgan fingerprint density at radius 2 is 1.08 bits per heavy atom. The molecule has 0 heterocycles. The monoisotopic (exact) mass is 320 g/mol. The Kier molecular flexibility index (Phi) is 2.63. The van der Waals surface area contributed by atoms with E-state index in [0.29, 0.717) is 0 Å². The molecule has 0 saturated heterocycles. The summed E-state index contributed by atoms with van der Waals surface area (Å²) in [6.07, 6.45) is 0. The second-order valence-corrected chi connectivity index (χ2v) is 5.47. The number of rotatable bonds is 0. The van der Waals surface area contributed by atoms with Gasteiger partial charge in [0.05, 0.1) is 16.2 Å². The molecule has 4 aromatic carbocycles. The average molecular weight is 320 g/mol. The molecule has 0 unspecified atom stereocenters. The third kappa shape index (κ3) is 1.54. The number of fused-ring (bicyclic) bond motifs is 3. The summed E-state index contributed by atoms with van der Waals surface area (Å²) < 4.78 is 0. The Morgan fingerprint density at radius 1 is 0.542 bits per heavy atom. The Bertz CT molecular complexity index is 1390. The zero-order valence-electron chi connectivity index (χ0n) is 12.0. The van der Waals surface area contributed by atoms with Crippen LogP contribution in [0.25, 0.3) is 32.3 Å². The largest absolute Gasteiger partial charge is 0.506 e. The maximum atomic E-state index is 12.7.